The van der Waals surface area contributed by atoms with Crippen molar-refractivity contribution in [3.63, 3.8) is 0 Å². The molecule has 0 radical (unpaired) electrons. The van der Waals surface area contributed by atoms with Crippen LogP contribution < -0.4 is 5.69 Å². The molecule has 82 valence electrons. The van der Waals surface area contributed by atoms with Gasteiger partial charge in [0.2, 0.25) is 0 Å². The van der Waals surface area contributed by atoms with Crippen LogP contribution in [0.25, 0.3) is 22.0 Å². The van der Waals surface area contributed by atoms with Gasteiger partial charge in [0.15, 0.2) is 0 Å². The van der Waals surface area contributed by atoms with E-state index in [0.29, 0.717) is 0 Å². The molecule has 4 heteroatoms. The predicted octanol–water partition coefficient (Wildman–Crippen LogP) is 1.99. The lowest BCUT2D eigenvalue weighted by Gasteiger charge is -2.05. The van der Waals surface area contributed by atoms with Crippen molar-refractivity contribution in [1.82, 2.24) is 15.0 Å². The minimum Gasteiger partial charge on any atom is -0.305 e. The Labute approximate surface area is 97.0 Å². The van der Waals surface area contributed by atoms with Crippen LogP contribution in [-0.2, 0) is 0 Å². The molecule has 2 aromatic heterocycles. The van der Waals surface area contributed by atoms with Gasteiger partial charge in [-0.1, -0.05) is 18.2 Å². The molecule has 0 saturated carbocycles. The molecule has 0 spiro atoms. The molecule has 3 rings (SSSR count). The van der Waals surface area contributed by atoms with E-state index in [9.17, 15) is 4.79 Å². The molecule has 0 aliphatic heterocycles. The van der Waals surface area contributed by atoms with Crippen LogP contribution >= 0.6 is 0 Å². The molecule has 1 N–H and O–H groups in total. The zero-order valence-electron chi connectivity index (χ0n) is 8.92. The smallest absolute Gasteiger partial charge is 0.305 e. The Morgan fingerprint density at radius 3 is 2.88 bits per heavy atom. The Morgan fingerprint density at radius 2 is 2.00 bits per heavy atom. The second-order valence-corrected chi connectivity index (χ2v) is 3.69. The average Bonchev–Trinajstić information content (AvgIpc) is 2.38. The summed E-state index contributed by atoms with van der Waals surface area (Å²) in [6, 6.07) is 9.65. The van der Waals surface area contributed by atoms with Crippen LogP contribution in [0.3, 0.4) is 0 Å². The predicted molar refractivity (Wildman–Crippen MR) is 65.6 cm³/mol. The molecule has 2 heterocycles. The topological polar surface area (TPSA) is 58.6 Å². The maximum absolute atomic E-state index is 11.2. The van der Waals surface area contributed by atoms with Crippen LogP contribution in [0.1, 0.15) is 0 Å². The third-order valence-electron chi connectivity index (χ3n) is 2.65. The summed E-state index contributed by atoms with van der Waals surface area (Å²) in [7, 11) is 0. The van der Waals surface area contributed by atoms with Crippen LogP contribution in [0.15, 0.2) is 53.7 Å². The second-order valence-electron chi connectivity index (χ2n) is 3.69. The van der Waals surface area contributed by atoms with E-state index in [0.717, 1.165) is 22.0 Å². The van der Waals surface area contributed by atoms with Gasteiger partial charge < -0.3 is 4.98 Å². The number of benzene rings is 1. The molecule has 0 bridgehead atoms. The minimum absolute atomic E-state index is 0.344. The molecular formula is C13H9N3O. The summed E-state index contributed by atoms with van der Waals surface area (Å²) < 4.78 is 0. The van der Waals surface area contributed by atoms with Gasteiger partial charge in [0, 0.05) is 29.5 Å². The summed E-state index contributed by atoms with van der Waals surface area (Å²) in [6.45, 7) is 0. The third kappa shape index (κ3) is 1.69. The molecule has 4 nitrogen and oxygen atoms in total. The second kappa shape index (κ2) is 3.83. The maximum Gasteiger partial charge on any atom is 0.345 e. The zero-order valence-corrected chi connectivity index (χ0v) is 8.92. The van der Waals surface area contributed by atoms with E-state index in [1.165, 1.54) is 6.20 Å². The highest BCUT2D eigenvalue weighted by atomic mass is 16.1. The Balaban J connectivity index is 2.34. The van der Waals surface area contributed by atoms with E-state index < -0.39 is 0 Å². The summed E-state index contributed by atoms with van der Waals surface area (Å²) in [6.07, 6.45) is 5.05. The molecule has 17 heavy (non-hydrogen) atoms. The third-order valence-corrected chi connectivity index (χ3v) is 2.65. The first-order valence-corrected chi connectivity index (χ1v) is 5.23. The molecule has 0 aliphatic carbocycles. The normalized spacial score (nSPS) is 10.6. The number of nitrogens with one attached hydrogen (secondary N) is 1. The largest absolute Gasteiger partial charge is 0.345 e. The Bertz CT molecular complexity index is 728. The number of rotatable bonds is 1. The van der Waals surface area contributed by atoms with Gasteiger partial charge >= 0.3 is 5.69 Å². The number of nitrogens with zero attached hydrogens (tertiary/aromatic N) is 2. The molecule has 1 aromatic carbocycles. The molecule has 0 atom stereocenters. The molecule has 0 unspecified atom stereocenters. The van der Waals surface area contributed by atoms with Crippen molar-refractivity contribution in [3.8, 4) is 11.3 Å². The number of fused-ring (bicyclic) bond motifs is 1. The van der Waals surface area contributed by atoms with Crippen molar-refractivity contribution in [1.29, 1.82) is 0 Å². The molecule has 0 amide bonds. The van der Waals surface area contributed by atoms with Gasteiger partial charge in [0.25, 0.3) is 0 Å². The van der Waals surface area contributed by atoms with Crippen LogP contribution in [0.2, 0.25) is 0 Å². The summed E-state index contributed by atoms with van der Waals surface area (Å²) >= 11 is 0. The standard InChI is InChI=1S/C13H9N3O/c17-13-15-7-5-12(16-13)10-3-1-2-9-4-6-14-8-11(9)10/h1-8H,(H,15,16,17). The monoisotopic (exact) mass is 223 g/mol. The first-order chi connectivity index (χ1) is 8.34. The summed E-state index contributed by atoms with van der Waals surface area (Å²) in [5, 5.41) is 2.10. The number of pyridine rings is 1. The van der Waals surface area contributed by atoms with E-state index in [-0.39, 0.29) is 5.69 Å². The fourth-order valence-corrected chi connectivity index (χ4v) is 1.87. The van der Waals surface area contributed by atoms with Gasteiger partial charge in [0.05, 0.1) is 5.69 Å². The van der Waals surface area contributed by atoms with Crippen molar-refractivity contribution < 1.29 is 0 Å². The number of H-pyrrole nitrogens is 1. The van der Waals surface area contributed by atoms with Gasteiger partial charge in [-0.05, 0) is 17.5 Å². The van der Waals surface area contributed by atoms with E-state index in [1.807, 2.05) is 24.3 Å². The number of aromatic nitrogens is 3. The highest BCUT2D eigenvalue weighted by Crippen LogP contribution is 2.25. The fraction of sp³-hybridized carbons (Fsp3) is 0. The van der Waals surface area contributed by atoms with Gasteiger partial charge in [-0.25, -0.2) is 9.78 Å². The minimum atomic E-state index is -0.344. The van der Waals surface area contributed by atoms with Crippen LogP contribution in [-0.4, -0.2) is 15.0 Å². The van der Waals surface area contributed by atoms with E-state index in [4.69, 9.17) is 0 Å². The van der Waals surface area contributed by atoms with E-state index in [2.05, 4.69) is 15.0 Å². The Hall–Kier alpha value is -2.49. The lowest BCUT2D eigenvalue weighted by Crippen LogP contribution is -2.09. The molecule has 3 aromatic rings. The summed E-state index contributed by atoms with van der Waals surface area (Å²) in [5.41, 5.74) is 1.36. The van der Waals surface area contributed by atoms with Crippen LogP contribution in [0.4, 0.5) is 0 Å². The Morgan fingerprint density at radius 1 is 1.06 bits per heavy atom. The van der Waals surface area contributed by atoms with Crippen molar-refractivity contribution in [2.45, 2.75) is 0 Å². The number of hydrogen-bond acceptors (Lipinski definition) is 3. The molecular weight excluding hydrogens is 214 g/mol. The quantitative estimate of drug-likeness (QED) is 0.686. The zero-order chi connectivity index (χ0) is 11.7. The SMILES string of the molecule is O=c1nccc(-c2cccc3ccncc23)[nH]1. The fourth-order valence-electron chi connectivity index (χ4n) is 1.87. The van der Waals surface area contributed by atoms with Crippen molar-refractivity contribution in [2.24, 2.45) is 0 Å². The first-order valence-electron chi connectivity index (χ1n) is 5.23. The van der Waals surface area contributed by atoms with E-state index >= 15 is 0 Å². The van der Waals surface area contributed by atoms with Crippen molar-refractivity contribution in [2.75, 3.05) is 0 Å². The highest BCUT2D eigenvalue weighted by molar-refractivity contribution is 5.94. The van der Waals surface area contributed by atoms with Gasteiger partial charge in [-0.15, -0.1) is 0 Å². The number of hydrogen-bond donors (Lipinski definition) is 1. The first kappa shape index (κ1) is 9.72. The molecule has 0 aliphatic rings. The maximum atomic E-state index is 11.2. The highest BCUT2D eigenvalue weighted by Gasteiger charge is 2.03. The lowest BCUT2D eigenvalue weighted by molar-refractivity contribution is 1.08. The van der Waals surface area contributed by atoms with Crippen LogP contribution in [0.5, 0.6) is 0 Å². The summed E-state index contributed by atoms with van der Waals surface area (Å²) in [5.74, 6) is 0. The van der Waals surface area contributed by atoms with Gasteiger partial charge in [-0.2, -0.15) is 0 Å². The lowest BCUT2D eigenvalue weighted by atomic mass is 10.0. The van der Waals surface area contributed by atoms with E-state index in [1.54, 1.807) is 18.5 Å². The Kier molecular flexibility index (Phi) is 2.19. The van der Waals surface area contributed by atoms with Crippen molar-refractivity contribution in [3.05, 3.63) is 59.4 Å². The molecule has 0 fully saturated rings. The van der Waals surface area contributed by atoms with Gasteiger partial charge in [0.1, 0.15) is 0 Å². The average molecular weight is 223 g/mol. The van der Waals surface area contributed by atoms with Gasteiger partial charge in [-0.3, -0.25) is 4.98 Å². The van der Waals surface area contributed by atoms with Crippen molar-refractivity contribution >= 4 is 10.8 Å². The molecule has 0 saturated heterocycles. The van der Waals surface area contributed by atoms with Crippen LogP contribution in [0, 0.1) is 0 Å². The number of aromatic amines is 1. The summed E-state index contributed by atoms with van der Waals surface area (Å²) in [4.78, 5) is 21.7.